The van der Waals surface area contributed by atoms with E-state index < -0.39 is 0 Å². The maximum absolute atomic E-state index is 6.23. The van der Waals surface area contributed by atoms with Gasteiger partial charge in [-0.25, -0.2) is 9.98 Å². The average molecular weight is 490 g/mol. The summed E-state index contributed by atoms with van der Waals surface area (Å²) in [6.45, 7) is 8.06. The summed E-state index contributed by atoms with van der Waals surface area (Å²) < 4.78 is 13.5. The van der Waals surface area contributed by atoms with Crippen molar-refractivity contribution in [1.29, 1.82) is 0 Å². The second kappa shape index (κ2) is 11.0. The molecule has 0 atom stereocenters. The van der Waals surface area contributed by atoms with Gasteiger partial charge in [0.15, 0.2) is 0 Å². The Balaban J connectivity index is 1.44. The van der Waals surface area contributed by atoms with Crippen LogP contribution in [0.5, 0.6) is 5.75 Å². The van der Waals surface area contributed by atoms with Crippen molar-refractivity contribution >= 4 is 33.9 Å². The monoisotopic (exact) mass is 489 g/mol. The molecule has 5 rings (SSSR count). The molecule has 2 N–H and O–H groups in total. The minimum Gasteiger partial charge on any atom is -0.494 e. The SMILES string of the molecule is CCOc1ccc(Cc2nc3cc(N=C(N)c4cccs4)ccc3n2CCN2CCOCC2)cc1. The van der Waals surface area contributed by atoms with Gasteiger partial charge in [-0.2, -0.15) is 0 Å². The van der Waals surface area contributed by atoms with E-state index >= 15 is 0 Å². The van der Waals surface area contributed by atoms with E-state index in [1.54, 1.807) is 11.3 Å². The number of hydrogen-bond donors (Lipinski definition) is 1. The normalized spacial score (nSPS) is 15.1. The van der Waals surface area contributed by atoms with E-state index in [9.17, 15) is 0 Å². The van der Waals surface area contributed by atoms with E-state index in [-0.39, 0.29) is 0 Å². The summed E-state index contributed by atoms with van der Waals surface area (Å²) in [4.78, 5) is 13.1. The number of thiophene rings is 1. The minimum atomic E-state index is 0.528. The summed E-state index contributed by atoms with van der Waals surface area (Å²) in [5, 5.41) is 2.00. The predicted molar refractivity (Wildman–Crippen MR) is 142 cm³/mol. The van der Waals surface area contributed by atoms with Crippen molar-refractivity contribution in [2.45, 2.75) is 19.9 Å². The summed E-state index contributed by atoms with van der Waals surface area (Å²) >= 11 is 1.59. The maximum atomic E-state index is 6.23. The van der Waals surface area contributed by atoms with Gasteiger partial charge in [-0.3, -0.25) is 4.90 Å². The molecule has 1 aliphatic rings. The number of aromatic nitrogens is 2. The topological polar surface area (TPSA) is 77.9 Å². The Morgan fingerprint density at radius 2 is 1.94 bits per heavy atom. The number of fused-ring (bicyclic) bond motifs is 1. The zero-order valence-corrected chi connectivity index (χ0v) is 20.8. The molecule has 8 heteroatoms. The second-order valence-electron chi connectivity index (χ2n) is 8.53. The van der Waals surface area contributed by atoms with Crippen LogP contribution in [0, 0.1) is 0 Å². The largest absolute Gasteiger partial charge is 0.494 e. The van der Waals surface area contributed by atoms with Crippen LogP contribution in [0.25, 0.3) is 11.0 Å². The molecule has 1 saturated heterocycles. The van der Waals surface area contributed by atoms with Gasteiger partial charge < -0.3 is 19.8 Å². The zero-order valence-electron chi connectivity index (χ0n) is 20.0. The van der Waals surface area contributed by atoms with Crippen molar-refractivity contribution < 1.29 is 9.47 Å². The molecule has 0 saturated carbocycles. The molecule has 1 aliphatic heterocycles. The molecular formula is C27H31N5O2S. The highest BCUT2D eigenvalue weighted by atomic mass is 32.1. The lowest BCUT2D eigenvalue weighted by Gasteiger charge is -2.27. The standard InChI is InChI=1S/C27H31N5O2S/c1-2-34-22-8-5-20(6-9-22)18-26-30-23-19-21(29-27(28)25-4-3-17-35-25)7-10-24(23)32(26)12-11-31-13-15-33-16-14-31/h3-10,17,19H,2,11-16,18H2,1H3,(H2,28,29). The number of hydrogen-bond acceptors (Lipinski definition) is 6. The van der Waals surface area contributed by atoms with E-state index in [2.05, 4.69) is 32.7 Å². The highest BCUT2D eigenvalue weighted by Gasteiger charge is 2.15. The van der Waals surface area contributed by atoms with Crippen LogP contribution in [-0.2, 0) is 17.7 Å². The van der Waals surface area contributed by atoms with Crippen LogP contribution < -0.4 is 10.5 Å². The van der Waals surface area contributed by atoms with E-state index in [4.69, 9.17) is 20.2 Å². The van der Waals surface area contributed by atoms with E-state index in [0.29, 0.717) is 12.4 Å². The first-order chi connectivity index (χ1) is 17.2. The van der Waals surface area contributed by atoms with Crippen LogP contribution in [0.2, 0.25) is 0 Å². The van der Waals surface area contributed by atoms with Crippen LogP contribution in [-0.4, -0.2) is 59.7 Å². The summed E-state index contributed by atoms with van der Waals surface area (Å²) in [7, 11) is 0. The predicted octanol–water partition coefficient (Wildman–Crippen LogP) is 4.46. The Bertz CT molecular complexity index is 1280. The van der Waals surface area contributed by atoms with Crippen molar-refractivity contribution in [3.05, 3.63) is 76.2 Å². The van der Waals surface area contributed by atoms with E-state index in [1.165, 1.54) is 5.56 Å². The molecule has 35 heavy (non-hydrogen) atoms. The minimum absolute atomic E-state index is 0.528. The number of benzene rings is 2. The lowest BCUT2D eigenvalue weighted by atomic mass is 10.1. The molecule has 1 fully saturated rings. The van der Waals surface area contributed by atoms with Crippen LogP contribution in [0.4, 0.5) is 5.69 Å². The molecule has 3 heterocycles. The van der Waals surface area contributed by atoms with Gasteiger partial charge in [0.1, 0.15) is 17.4 Å². The highest BCUT2D eigenvalue weighted by Crippen LogP contribution is 2.25. The van der Waals surface area contributed by atoms with E-state index in [1.807, 2.05) is 48.7 Å². The van der Waals surface area contributed by atoms with Crippen molar-refractivity contribution in [2.24, 2.45) is 10.7 Å². The molecule has 0 spiro atoms. The third kappa shape index (κ3) is 5.73. The highest BCUT2D eigenvalue weighted by molar-refractivity contribution is 7.12. The molecule has 2 aromatic heterocycles. The summed E-state index contributed by atoms with van der Waals surface area (Å²) in [5.41, 5.74) is 10.3. The third-order valence-corrected chi connectivity index (χ3v) is 7.07. The smallest absolute Gasteiger partial charge is 0.141 e. The fourth-order valence-electron chi connectivity index (χ4n) is 4.36. The van der Waals surface area contributed by atoms with Crippen LogP contribution in [0.3, 0.4) is 0 Å². The number of amidine groups is 1. The first-order valence-electron chi connectivity index (χ1n) is 12.1. The zero-order chi connectivity index (χ0) is 24.0. The number of nitrogens with two attached hydrogens (primary N) is 1. The summed E-state index contributed by atoms with van der Waals surface area (Å²) in [5.74, 6) is 2.47. The van der Waals surface area contributed by atoms with Crippen molar-refractivity contribution in [3.8, 4) is 5.75 Å². The van der Waals surface area contributed by atoms with Gasteiger partial charge in [0.2, 0.25) is 0 Å². The Morgan fingerprint density at radius 3 is 2.69 bits per heavy atom. The van der Waals surface area contributed by atoms with Crippen LogP contribution >= 0.6 is 11.3 Å². The summed E-state index contributed by atoms with van der Waals surface area (Å²) in [6, 6.07) is 18.4. The van der Waals surface area contributed by atoms with Crippen LogP contribution in [0.1, 0.15) is 23.2 Å². The van der Waals surface area contributed by atoms with Crippen LogP contribution in [0.15, 0.2) is 65.0 Å². The van der Waals surface area contributed by atoms with Gasteiger partial charge in [0, 0.05) is 32.6 Å². The molecule has 0 radical (unpaired) electrons. The maximum Gasteiger partial charge on any atom is 0.141 e. The van der Waals surface area contributed by atoms with Gasteiger partial charge >= 0.3 is 0 Å². The number of aliphatic imine (C=N–C) groups is 1. The van der Waals surface area contributed by atoms with E-state index in [0.717, 1.165) is 79.0 Å². The number of nitrogens with zero attached hydrogens (tertiary/aromatic N) is 4. The first kappa shape index (κ1) is 23.5. The van der Waals surface area contributed by atoms with Crippen molar-refractivity contribution in [2.75, 3.05) is 39.5 Å². The molecule has 0 aliphatic carbocycles. The van der Waals surface area contributed by atoms with Gasteiger partial charge in [-0.1, -0.05) is 18.2 Å². The summed E-state index contributed by atoms with van der Waals surface area (Å²) in [6.07, 6.45) is 0.750. The van der Waals surface area contributed by atoms with Crippen molar-refractivity contribution in [3.63, 3.8) is 0 Å². The lowest BCUT2D eigenvalue weighted by molar-refractivity contribution is 0.0364. The van der Waals surface area contributed by atoms with Gasteiger partial charge in [0.25, 0.3) is 0 Å². The number of rotatable bonds is 9. The molecule has 182 valence electrons. The molecule has 2 aromatic carbocycles. The fraction of sp³-hybridized carbons (Fsp3) is 0.333. The number of ether oxygens (including phenoxy) is 2. The Hall–Kier alpha value is -3.20. The van der Waals surface area contributed by atoms with Crippen molar-refractivity contribution in [1.82, 2.24) is 14.5 Å². The van der Waals surface area contributed by atoms with Gasteiger partial charge in [-0.15, -0.1) is 11.3 Å². The Labute approximate surface area is 209 Å². The number of morpholine rings is 1. The second-order valence-corrected chi connectivity index (χ2v) is 9.48. The molecule has 0 bridgehead atoms. The quantitative estimate of drug-likeness (QED) is 0.278. The number of imidazole rings is 1. The van der Waals surface area contributed by atoms with Gasteiger partial charge in [0.05, 0.1) is 41.4 Å². The average Bonchev–Trinajstić information content (AvgIpc) is 3.53. The third-order valence-electron chi connectivity index (χ3n) is 6.17. The molecule has 0 unspecified atom stereocenters. The fourth-order valence-corrected chi connectivity index (χ4v) is 4.99. The first-order valence-corrected chi connectivity index (χ1v) is 13.0. The molecule has 4 aromatic rings. The Kier molecular flexibility index (Phi) is 7.42. The molecule has 0 amide bonds. The Morgan fingerprint density at radius 1 is 1.11 bits per heavy atom. The molecule has 7 nitrogen and oxygen atoms in total. The molecular weight excluding hydrogens is 458 g/mol. The lowest BCUT2D eigenvalue weighted by Crippen LogP contribution is -2.38. The van der Waals surface area contributed by atoms with Gasteiger partial charge in [-0.05, 0) is 54.3 Å².